The van der Waals surface area contributed by atoms with Gasteiger partial charge in [0.15, 0.2) is 0 Å². The topological polar surface area (TPSA) is 0 Å². The highest BCUT2D eigenvalue weighted by molar-refractivity contribution is 9.09. The van der Waals surface area contributed by atoms with Crippen LogP contribution in [0.2, 0.25) is 0 Å². The monoisotopic (exact) mass is 258 g/mol. The fourth-order valence-electron chi connectivity index (χ4n) is 1.18. The van der Waals surface area contributed by atoms with Gasteiger partial charge in [-0.15, -0.1) is 0 Å². The van der Waals surface area contributed by atoms with Crippen LogP contribution in [0.3, 0.4) is 0 Å². The number of hydrogen-bond acceptors (Lipinski definition) is 1. The van der Waals surface area contributed by atoms with E-state index in [0.29, 0.717) is 0 Å². The van der Waals surface area contributed by atoms with Gasteiger partial charge in [-0.1, -0.05) is 27.6 Å². The molecule has 72 valence electrons. The minimum Gasteiger partial charge on any atom is -0.152 e. The van der Waals surface area contributed by atoms with E-state index in [9.17, 15) is 0 Å². The van der Waals surface area contributed by atoms with Crippen LogP contribution in [0, 0.1) is 0 Å². The van der Waals surface area contributed by atoms with Crippen molar-refractivity contribution in [1.82, 2.24) is 0 Å². The molecular weight excluding hydrogens is 244 g/mol. The van der Waals surface area contributed by atoms with Gasteiger partial charge in [0.05, 0.1) is 0 Å². The zero-order valence-corrected chi connectivity index (χ0v) is 10.3. The van der Waals surface area contributed by atoms with Gasteiger partial charge in [-0.3, -0.25) is 0 Å². The van der Waals surface area contributed by atoms with Gasteiger partial charge in [0.1, 0.15) is 0 Å². The minimum absolute atomic E-state index is 1.07. The summed E-state index contributed by atoms with van der Waals surface area (Å²) in [6.45, 7) is 2.22. The largest absolute Gasteiger partial charge is 0.152 e. The molecule has 0 aromatic carbocycles. The molecule has 2 heteroatoms. The summed E-state index contributed by atoms with van der Waals surface area (Å²) in [5, 5.41) is 5.45. The van der Waals surface area contributed by atoms with E-state index in [1.54, 1.807) is 11.3 Å². The van der Waals surface area contributed by atoms with Gasteiger partial charge in [-0.2, -0.15) is 11.3 Å². The lowest BCUT2D eigenvalue weighted by Crippen LogP contribution is -1.84. The normalized spacial score (nSPS) is 12.0. The first-order valence-electron chi connectivity index (χ1n) is 4.55. The summed E-state index contributed by atoms with van der Waals surface area (Å²) in [5.41, 5.74) is 2.97. The molecule has 0 radical (unpaired) electrons. The van der Waals surface area contributed by atoms with Crippen molar-refractivity contribution in [2.45, 2.75) is 26.2 Å². The number of hydrogen-bond donors (Lipinski definition) is 0. The molecule has 0 atom stereocenters. The first kappa shape index (κ1) is 11.0. The molecule has 0 spiro atoms. The number of alkyl halides is 1. The molecule has 0 aliphatic heterocycles. The van der Waals surface area contributed by atoms with Crippen LogP contribution in [0.5, 0.6) is 0 Å². The Balaban J connectivity index is 2.26. The number of rotatable bonds is 5. The third kappa shape index (κ3) is 4.63. The van der Waals surface area contributed by atoms with Crippen LogP contribution in [-0.2, 0) is 6.42 Å². The van der Waals surface area contributed by atoms with Crippen molar-refractivity contribution in [2.24, 2.45) is 0 Å². The molecule has 0 saturated carbocycles. The highest BCUT2D eigenvalue weighted by atomic mass is 79.9. The van der Waals surface area contributed by atoms with Crippen LogP contribution in [0.15, 0.2) is 28.5 Å². The highest BCUT2D eigenvalue weighted by Gasteiger charge is 1.94. The average Bonchev–Trinajstić information content (AvgIpc) is 2.64. The van der Waals surface area contributed by atoms with E-state index in [4.69, 9.17) is 0 Å². The molecule has 0 amide bonds. The average molecular weight is 259 g/mol. The van der Waals surface area contributed by atoms with Crippen molar-refractivity contribution in [3.05, 3.63) is 34.0 Å². The number of halogens is 1. The predicted octanol–water partition coefficient (Wildman–Crippen LogP) is 4.41. The lowest BCUT2D eigenvalue weighted by Gasteiger charge is -1.98. The molecule has 1 heterocycles. The van der Waals surface area contributed by atoms with Crippen molar-refractivity contribution >= 4 is 27.3 Å². The molecule has 0 saturated heterocycles. The first-order chi connectivity index (χ1) is 6.33. The van der Waals surface area contributed by atoms with Gasteiger partial charge in [0.2, 0.25) is 0 Å². The maximum atomic E-state index is 3.42. The van der Waals surface area contributed by atoms with E-state index >= 15 is 0 Å². The molecule has 0 nitrogen and oxygen atoms in total. The fraction of sp³-hybridized carbons (Fsp3) is 0.455. The summed E-state index contributed by atoms with van der Waals surface area (Å²) in [6, 6.07) is 2.21. The van der Waals surface area contributed by atoms with Crippen LogP contribution >= 0.6 is 27.3 Å². The second-order valence-corrected chi connectivity index (χ2v) is 4.73. The van der Waals surface area contributed by atoms with Gasteiger partial charge in [-0.05, 0) is 48.6 Å². The van der Waals surface area contributed by atoms with Crippen LogP contribution in [0.25, 0.3) is 0 Å². The van der Waals surface area contributed by atoms with Crippen LogP contribution in [0.4, 0.5) is 0 Å². The number of thiophene rings is 1. The van der Waals surface area contributed by atoms with Crippen LogP contribution < -0.4 is 0 Å². The molecule has 0 fully saturated rings. The molecule has 0 aliphatic carbocycles. The smallest absolute Gasteiger partial charge is 0.00660 e. The Hall–Kier alpha value is -0.0800. The summed E-state index contributed by atoms with van der Waals surface area (Å²) in [5.74, 6) is 0. The first-order valence-corrected chi connectivity index (χ1v) is 6.62. The lowest BCUT2D eigenvalue weighted by atomic mass is 10.1. The Morgan fingerprint density at radius 3 is 3.08 bits per heavy atom. The molecule has 1 rings (SSSR count). The van der Waals surface area contributed by atoms with E-state index in [1.807, 2.05) is 0 Å². The Bertz CT molecular complexity index is 249. The van der Waals surface area contributed by atoms with Crippen molar-refractivity contribution < 1.29 is 0 Å². The molecule has 1 aromatic heterocycles. The second kappa shape index (κ2) is 6.39. The predicted molar refractivity (Wildman–Crippen MR) is 64.8 cm³/mol. The van der Waals surface area contributed by atoms with Crippen molar-refractivity contribution in [1.29, 1.82) is 0 Å². The zero-order valence-electron chi connectivity index (χ0n) is 7.92. The Kier molecular flexibility index (Phi) is 5.40. The number of aryl methyl sites for hydroxylation is 1. The summed E-state index contributed by atoms with van der Waals surface area (Å²) in [6.07, 6.45) is 5.86. The lowest BCUT2D eigenvalue weighted by molar-refractivity contribution is 0.935. The molecule has 0 aliphatic rings. The van der Waals surface area contributed by atoms with Gasteiger partial charge in [-0.25, -0.2) is 0 Å². The minimum atomic E-state index is 1.07. The molecular formula is C11H15BrS. The standard InChI is InChI=1S/C11H15BrS/c1-10(3-2-7-12)4-5-11-6-8-13-9-11/h3,6,8-9H,2,4-5,7H2,1H3. The van der Waals surface area contributed by atoms with Crippen LogP contribution in [-0.4, -0.2) is 5.33 Å². The third-order valence-electron chi connectivity index (χ3n) is 1.99. The second-order valence-electron chi connectivity index (χ2n) is 3.16. The summed E-state index contributed by atoms with van der Waals surface area (Å²) >= 11 is 5.21. The quantitative estimate of drug-likeness (QED) is 0.542. The van der Waals surface area contributed by atoms with Gasteiger partial charge in [0.25, 0.3) is 0 Å². The van der Waals surface area contributed by atoms with Gasteiger partial charge >= 0.3 is 0 Å². The van der Waals surface area contributed by atoms with E-state index in [0.717, 1.165) is 11.8 Å². The van der Waals surface area contributed by atoms with Crippen molar-refractivity contribution in [3.63, 3.8) is 0 Å². The SMILES string of the molecule is CC(=CCCBr)CCc1ccsc1. The Morgan fingerprint density at radius 2 is 2.46 bits per heavy atom. The molecule has 0 unspecified atom stereocenters. The number of allylic oxidation sites excluding steroid dienone is 2. The maximum Gasteiger partial charge on any atom is 0.00660 e. The fourth-order valence-corrected chi connectivity index (χ4v) is 2.11. The summed E-state index contributed by atoms with van der Waals surface area (Å²) in [7, 11) is 0. The molecule has 1 aromatic rings. The van der Waals surface area contributed by atoms with E-state index in [-0.39, 0.29) is 0 Å². The molecule has 13 heavy (non-hydrogen) atoms. The van der Waals surface area contributed by atoms with Crippen LogP contribution in [0.1, 0.15) is 25.3 Å². The van der Waals surface area contributed by atoms with E-state index in [1.165, 1.54) is 24.0 Å². The van der Waals surface area contributed by atoms with E-state index < -0.39 is 0 Å². The van der Waals surface area contributed by atoms with E-state index in [2.05, 4.69) is 45.8 Å². The molecule has 0 bridgehead atoms. The van der Waals surface area contributed by atoms with Crippen molar-refractivity contribution in [3.8, 4) is 0 Å². The Morgan fingerprint density at radius 1 is 1.62 bits per heavy atom. The maximum absolute atomic E-state index is 3.42. The highest BCUT2D eigenvalue weighted by Crippen LogP contribution is 2.12. The van der Waals surface area contributed by atoms with Crippen molar-refractivity contribution in [2.75, 3.05) is 5.33 Å². The summed E-state index contributed by atoms with van der Waals surface area (Å²) < 4.78 is 0. The van der Waals surface area contributed by atoms with Gasteiger partial charge in [0, 0.05) is 5.33 Å². The molecule has 0 N–H and O–H groups in total. The summed E-state index contributed by atoms with van der Waals surface area (Å²) in [4.78, 5) is 0. The Labute approximate surface area is 92.8 Å². The third-order valence-corrected chi connectivity index (χ3v) is 3.18. The zero-order chi connectivity index (χ0) is 9.52. The van der Waals surface area contributed by atoms with Gasteiger partial charge < -0.3 is 0 Å².